The van der Waals surface area contributed by atoms with Gasteiger partial charge in [-0.25, -0.2) is 9.97 Å². The molecule has 0 saturated carbocycles. The second kappa shape index (κ2) is 6.75. The van der Waals surface area contributed by atoms with Gasteiger partial charge in [0.05, 0.1) is 23.1 Å². The first kappa shape index (κ1) is 18.2. The minimum absolute atomic E-state index is 0.0535. The monoisotopic (exact) mass is 387 g/mol. The van der Waals surface area contributed by atoms with Crippen molar-refractivity contribution >= 4 is 29.2 Å². The Morgan fingerprint density at radius 1 is 1.21 bits per heavy atom. The molecule has 0 radical (unpaired) electrons. The number of hydrogen-bond donors (Lipinski definition) is 3. The number of nitrogens with two attached hydrogens (primary N) is 2. The van der Waals surface area contributed by atoms with Crippen molar-refractivity contribution in [3.63, 3.8) is 0 Å². The van der Waals surface area contributed by atoms with E-state index < -0.39 is 5.91 Å². The zero-order chi connectivity index (χ0) is 20.7. The third-order valence-corrected chi connectivity index (χ3v) is 4.73. The second-order valence-electron chi connectivity index (χ2n) is 6.60. The fourth-order valence-corrected chi connectivity index (χ4v) is 3.25. The van der Waals surface area contributed by atoms with E-state index in [0.29, 0.717) is 40.0 Å². The summed E-state index contributed by atoms with van der Waals surface area (Å²) in [7, 11) is 0. The van der Waals surface area contributed by atoms with Gasteiger partial charge in [-0.3, -0.25) is 14.2 Å². The summed E-state index contributed by atoms with van der Waals surface area (Å²) in [6.45, 7) is 1.86. The van der Waals surface area contributed by atoms with Crippen molar-refractivity contribution in [1.82, 2.24) is 14.5 Å². The maximum absolute atomic E-state index is 11.7. The predicted molar refractivity (Wildman–Crippen MR) is 109 cm³/mol. The molecule has 0 aliphatic heterocycles. The van der Waals surface area contributed by atoms with Crippen LogP contribution < -0.4 is 11.5 Å². The van der Waals surface area contributed by atoms with Crippen molar-refractivity contribution in [1.29, 1.82) is 0 Å². The Bertz CT molecular complexity index is 1290. The summed E-state index contributed by atoms with van der Waals surface area (Å²) in [4.78, 5) is 32.2. The zero-order valence-corrected chi connectivity index (χ0v) is 15.5. The molecule has 0 fully saturated rings. The number of anilines is 1. The number of aldehydes is 1. The lowest BCUT2D eigenvalue weighted by Crippen LogP contribution is -2.10. The Morgan fingerprint density at radius 2 is 2.00 bits per heavy atom. The van der Waals surface area contributed by atoms with Crippen LogP contribution in [0.4, 0.5) is 5.82 Å². The van der Waals surface area contributed by atoms with E-state index in [1.165, 1.54) is 6.20 Å². The first-order valence-corrected chi connectivity index (χ1v) is 8.73. The van der Waals surface area contributed by atoms with E-state index in [0.717, 1.165) is 5.56 Å². The molecule has 2 aromatic carbocycles. The first-order valence-electron chi connectivity index (χ1n) is 8.73. The lowest BCUT2D eigenvalue weighted by atomic mass is 10.1. The molecule has 4 aromatic rings. The standard InChI is InChI=1S/C21H17N5O3/c1-11-5-6-14(28)8-17(11)26-19(22)15(10-27)18-21(26)25-16(9-24-18)12-3-2-4-13(7-12)20(23)29/h2-10,28H,22H2,1H3,(H2,23,29). The molecule has 8 heteroatoms. The van der Waals surface area contributed by atoms with Crippen molar-refractivity contribution in [3.8, 4) is 22.7 Å². The number of phenolic OH excluding ortho intramolecular Hbond substituents is 1. The summed E-state index contributed by atoms with van der Waals surface area (Å²) in [6, 6.07) is 11.6. The highest BCUT2D eigenvalue weighted by atomic mass is 16.3. The van der Waals surface area contributed by atoms with E-state index in [2.05, 4.69) is 9.97 Å². The lowest BCUT2D eigenvalue weighted by molar-refractivity contribution is 0.1000. The number of aromatic nitrogens is 3. The number of fused-ring (bicyclic) bond motifs is 1. The average molecular weight is 387 g/mol. The van der Waals surface area contributed by atoms with Crippen molar-refractivity contribution in [2.45, 2.75) is 6.92 Å². The summed E-state index contributed by atoms with van der Waals surface area (Å²) in [5, 5.41) is 9.94. The molecule has 0 atom stereocenters. The van der Waals surface area contributed by atoms with Crippen LogP contribution in [0.5, 0.6) is 5.75 Å². The van der Waals surface area contributed by atoms with Gasteiger partial charge in [0.15, 0.2) is 11.9 Å². The van der Waals surface area contributed by atoms with Gasteiger partial charge < -0.3 is 16.6 Å². The van der Waals surface area contributed by atoms with Crippen LogP contribution in [-0.4, -0.2) is 31.8 Å². The normalized spacial score (nSPS) is 10.9. The van der Waals surface area contributed by atoms with E-state index >= 15 is 0 Å². The highest BCUT2D eigenvalue weighted by Crippen LogP contribution is 2.32. The van der Waals surface area contributed by atoms with Crippen molar-refractivity contribution in [2.75, 3.05) is 5.73 Å². The number of carbonyl (C=O) groups excluding carboxylic acids is 2. The van der Waals surface area contributed by atoms with E-state index in [1.54, 1.807) is 47.0 Å². The van der Waals surface area contributed by atoms with Gasteiger partial charge in [-0.1, -0.05) is 18.2 Å². The number of aryl methyl sites for hydroxylation is 1. The van der Waals surface area contributed by atoms with Crippen LogP contribution in [0.25, 0.3) is 28.1 Å². The van der Waals surface area contributed by atoms with Crippen molar-refractivity contribution in [3.05, 3.63) is 65.4 Å². The second-order valence-corrected chi connectivity index (χ2v) is 6.60. The highest BCUT2D eigenvalue weighted by molar-refractivity contribution is 6.01. The molecule has 4 rings (SSSR count). The highest BCUT2D eigenvalue weighted by Gasteiger charge is 2.20. The molecule has 0 bridgehead atoms. The van der Waals surface area contributed by atoms with Gasteiger partial charge >= 0.3 is 0 Å². The molecule has 144 valence electrons. The fraction of sp³-hybridized carbons (Fsp3) is 0.0476. The number of amides is 1. The minimum Gasteiger partial charge on any atom is -0.508 e. The fourth-order valence-electron chi connectivity index (χ4n) is 3.25. The Kier molecular flexibility index (Phi) is 4.23. The molecule has 0 unspecified atom stereocenters. The number of benzene rings is 2. The Balaban J connectivity index is 2.02. The van der Waals surface area contributed by atoms with E-state index in [-0.39, 0.29) is 17.1 Å². The lowest BCUT2D eigenvalue weighted by Gasteiger charge is -2.11. The number of aromatic hydroxyl groups is 1. The number of nitrogens with zero attached hydrogens (tertiary/aromatic N) is 3. The number of primary amides is 1. The van der Waals surface area contributed by atoms with Crippen molar-refractivity contribution in [2.24, 2.45) is 5.73 Å². The van der Waals surface area contributed by atoms with Gasteiger partial charge in [0.1, 0.15) is 17.1 Å². The number of hydrogen-bond acceptors (Lipinski definition) is 6. The van der Waals surface area contributed by atoms with Crippen LogP contribution in [0.2, 0.25) is 0 Å². The molecule has 5 N–H and O–H groups in total. The predicted octanol–water partition coefficient (Wildman–Crippen LogP) is 2.60. The quantitative estimate of drug-likeness (QED) is 0.460. The minimum atomic E-state index is -0.549. The Morgan fingerprint density at radius 3 is 2.72 bits per heavy atom. The van der Waals surface area contributed by atoms with Crippen LogP contribution >= 0.6 is 0 Å². The molecule has 0 spiro atoms. The smallest absolute Gasteiger partial charge is 0.248 e. The third kappa shape index (κ3) is 2.96. The van der Waals surface area contributed by atoms with Crippen LogP contribution in [0.15, 0.2) is 48.7 Å². The molecule has 1 amide bonds. The maximum Gasteiger partial charge on any atom is 0.248 e. The molecule has 2 heterocycles. The molecular weight excluding hydrogens is 370 g/mol. The molecule has 29 heavy (non-hydrogen) atoms. The van der Waals surface area contributed by atoms with Gasteiger partial charge in [0.2, 0.25) is 5.91 Å². The van der Waals surface area contributed by atoms with Gasteiger partial charge in [0.25, 0.3) is 0 Å². The summed E-state index contributed by atoms with van der Waals surface area (Å²) in [5.74, 6) is -0.323. The van der Waals surface area contributed by atoms with E-state index in [4.69, 9.17) is 11.5 Å². The SMILES string of the molecule is Cc1ccc(O)cc1-n1c(N)c(C=O)c2ncc(-c3cccc(C(N)=O)c3)nc21. The number of phenols is 1. The van der Waals surface area contributed by atoms with Crippen LogP contribution in [-0.2, 0) is 0 Å². The summed E-state index contributed by atoms with van der Waals surface area (Å²) < 4.78 is 1.59. The molecule has 2 aromatic heterocycles. The molecular formula is C21H17N5O3. The van der Waals surface area contributed by atoms with Gasteiger partial charge in [-0.2, -0.15) is 0 Å². The number of rotatable bonds is 4. The van der Waals surface area contributed by atoms with Gasteiger partial charge in [-0.05, 0) is 30.7 Å². The largest absolute Gasteiger partial charge is 0.508 e. The first-order chi connectivity index (χ1) is 13.9. The molecule has 0 saturated heterocycles. The molecule has 0 aliphatic rings. The third-order valence-electron chi connectivity index (χ3n) is 4.73. The van der Waals surface area contributed by atoms with Gasteiger partial charge in [0, 0.05) is 17.2 Å². The van der Waals surface area contributed by atoms with Gasteiger partial charge in [-0.15, -0.1) is 0 Å². The van der Waals surface area contributed by atoms with Crippen molar-refractivity contribution < 1.29 is 14.7 Å². The summed E-state index contributed by atoms with van der Waals surface area (Å²) in [6.07, 6.45) is 2.14. The van der Waals surface area contributed by atoms with Crippen LogP contribution in [0.1, 0.15) is 26.3 Å². The maximum atomic E-state index is 11.7. The number of carbonyl (C=O) groups is 2. The molecule has 0 aliphatic carbocycles. The summed E-state index contributed by atoms with van der Waals surface area (Å²) >= 11 is 0. The summed E-state index contributed by atoms with van der Waals surface area (Å²) in [5.41, 5.74) is 15.4. The van der Waals surface area contributed by atoms with Crippen LogP contribution in [0, 0.1) is 6.92 Å². The Hall–Kier alpha value is -4.20. The average Bonchev–Trinajstić information content (AvgIpc) is 3.00. The number of nitrogen functional groups attached to an aromatic ring is 1. The topological polar surface area (TPSA) is 137 Å². The van der Waals surface area contributed by atoms with Crippen LogP contribution in [0.3, 0.4) is 0 Å². The van der Waals surface area contributed by atoms with E-state index in [1.807, 2.05) is 6.92 Å². The Labute approximate surface area is 165 Å². The van der Waals surface area contributed by atoms with E-state index in [9.17, 15) is 14.7 Å². The molecule has 8 nitrogen and oxygen atoms in total. The zero-order valence-electron chi connectivity index (χ0n) is 15.5.